The maximum absolute atomic E-state index is 11.8. The van der Waals surface area contributed by atoms with Gasteiger partial charge in [-0.05, 0) is 56.2 Å². The number of ether oxygens (including phenoxy) is 2. The molecule has 0 radical (unpaired) electrons. The van der Waals surface area contributed by atoms with Gasteiger partial charge in [-0.15, -0.1) is 0 Å². The molecule has 1 aromatic rings. The van der Waals surface area contributed by atoms with Gasteiger partial charge in [-0.25, -0.2) is 0 Å². The molecule has 0 amide bonds. The Hall–Kier alpha value is -1.75. The molecule has 1 N–H and O–H groups in total. The SMILES string of the molecule is CCCOc1ccc(CN2C(C(=O)O)CC3CCCCC32)cc1OCC. The Labute approximate surface area is 156 Å². The van der Waals surface area contributed by atoms with Gasteiger partial charge < -0.3 is 14.6 Å². The maximum atomic E-state index is 11.8. The summed E-state index contributed by atoms with van der Waals surface area (Å²) < 4.78 is 11.5. The van der Waals surface area contributed by atoms with E-state index in [1.165, 1.54) is 19.3 Å². The number of carbonyl (C=O) groups is 1. The molecule has 0 spiro atoms. The third-order valence-corrected chi connectivity index (χ3v) is 5.64. The highest BCUT2D eigenvalue weighted by atomic mass is 16.5. The number of benzene rings is 1. The van der Waals surface area contributed by atoms with E-state index in [4.69, 9.17) is 9.47 Å². The van der Waals surface area contributed by atoms with Crippen LogP contribution in [0, 0.1) is 5.92 Å². The van der Waals surface area contributed by atoms with Crippen molar-refractivity contribution < 1.29 is 19.4 Å². The van der Waals surface area contributed by atoms with Crippen LogP contribution in [0.25, 0.3) is 0 Å². The number of likely N-dealkylation sites (tertiary alicyclic amines) is 1. The Morgan fingerprint density at radius 1 is 1.19 bits per heavy atom. The summed E-state index contributed by atoms with van der Waals surface area (Å²) in [6, 6.07) is 6.05. The largest absolute Gasteiger partial charge is 0.490 e. The van der Waals surface area contributed by atoms with Crippen LogP contribution in [-0.2, 0) is 11.3 Å². The molecule has 3 rings (SSSR count). The number of nitrogens with zero attached hydrogens (tertiary/aromatic N) is 1. The second-order valence-electron chi connectivity index (χ2n) is 7.44. The van der Waals surface area contributed by atoms with Crippen molar-refractivity contribution in [3.63, 3.8) is 0 Å². The number of aliphatic carboxylic acids is 1. The number of rotatable bonds is 8. The topological polar surface area (TPSA) is 59.0 Å². The molecule has 1 aliphatic carbocycles. The summed E-state index contributed by atoms with van der Waals surface area (Å²) in [7, 11) is 0. The predicted molar refractivity (Wildman–Crippen MR) is 101 cm³/mol. The van der Waals surface area contributed by atoms with Crippen molar-refractivity contribution in [1.82, 2.24) is 4.90 Å². The molecule has 1 aromatic carbocycles. The van der Waals surface area contributed by atoms with Crippen LogP contribution in [0.4, 0.5) is 0 Å². The van der Waals surface area contributed by atoms with E-state index in [-0.39, 0.29) is 6.04 Å². The summed E-state index contributed by atoms with van der Waals surface area (Å²) in [6.07, 6.45) is 6.46. The summed E-state index contributed by atoms with van der Waals surface area (Å²) in [4.78, 5) is 14.0. The van der Waals surface area contributed by atoms with E-state index in [0.29, 0.717) is 31.7 Å². The second-order valence-corrected chi connectivity index (χ2v) is 7.44. The van der Waals surface area contributed by atoms with E-state index in [9.17, 15) is 9.90 Å². The monoisotopic (exact) mass is 361 g/mol. The van der Waals surface area contributed by atoms with Crippen molar-refractivity contribution in [2.75, 3.05) is 13.2 Å². The number of fused-ring (bicyclic) bond motifs is 1. The van der Waals surface area contributed by atoms with Gasteiger partial charge in [0, 0.05) is 12.6 Å². The fourth-order valence-electron chi connectivity index (χ4n) is 4.48. The van der Waals surface area contributed by atoms with Crippen LogP contribution in [0.3, 0.4) is 0 Å². The van der Waals surface area contributed by atoms with Crippen molar-refractivity contribution >= 4 is 5.97 Å². The zero-order valence-corrected chi connectivity index (χ0v) is 15.9. The molecule has 5 nitrogen and oxygen atoms in total. The smallest absolute Gasteiger partial charge is 0.320 e. The summed E-state index contributed by atoms with van der Waals surface area (Å²) in [5, 5.41) is 9.70. The second kappa shape index (κ2) is 8.76. The standard InChI is InChI=1S/C21H31NO4/c1-3-11-26-19-10-9-15(12-20(19)25-4-2)14-22-17-8-6-5-7-16(17)13-18(22)21(23)24/h9-10,12,16-18H,3-8,11,13-14H2,1-2H3,(H,23,24). The summed E-state index contributed by atoms with van der Waals surface area (Å²) in [6.45, 7) is 5.94. The van der Waals surface area contributed by atoms with Crippen LogP contribution >= 0.6 is 0 Å². The average Bonchev–Trinajstić information content (AvgIpc) is 3.00. The minimum absolute atomic E-state index is 0.366. The van der Waals surface area contributed by atoms with E-state index in [2.05, 4.69) is 11.8 Å². The van der Waals surface area contributed by atoms with Crippen molar-refractivity contribution in [2.45, 2.75) is 71.0 Å². The highest BCUT2D eigenvalue weighted by Gasteiger charge is 2.44. The first kappa shape index (κ1) is 19.0. The Kier molecular flexibility index (Phi) is 6.41. The maximum Gasteiger partial charge on any atom is 0.320 e. The highest BCUT2D eigenvalue weighted by molar-refractivity contribution is 5.74. The Morgan fingerprint density at radius 3 is 2.73 bits per heavy atom. The molecule has 5 heteroatoms. The van der Waals surface area contributed by atoms with E-state index in [1.807, 2.05) is 25.1 Å². The number of hydrogen-bond donors (Lipinski definition) is 1. The number of carboxylic acids is 1. The molecule has 0 aromatic heterocycles. The molecule has 144 valence electrons. The van der Waals surface area contributed by atoms with Crippen molar-refractivity contribution in [3.8, 4) is 11.5 Å². The minimum Gasteiger partial charge on any atom is -0.490 e. The molecule has 1 saturated heterocycles. The zero-order valence-electron chi connectivity index (χ0n) is 15.9. The molecule has 1 saturated carbocycles. The zero-order chi connectivity index (χ0) is 18.5. The van der Waals surface area contributed by atoms with Gasteiger partial charge in [-0.2, -0.15) is 0 Å². The van der Waals surface area contributed by atoms with Crippen LogP contribution < -0.4 is 9.47 Å². The molecule has 2 aliphatic rings. The van der Waals surface area contributed by atoms with Crippen molar-refractivity contribution in [3.05, 3.63) is 23.8 Å². The lowest BCUT2D eigenvalue weighted by atomic mass is 9.84. The molecular weight excluding hydrogens is 330 g/mol. The molecule has 2 fully saturated rings. The molecule has 1 aliphatic heterocycles. The Bertz CT molecular complexity index is 618. The van der Waals surface area contributed by atoms with E-state index in [0.717, 1.165) is 36.3 Å². The number of hydrogen-bond acceptors (Lipinski definition) is 4. The van der Waals surface area contributed by atoms with E-state index in [1.54, 1.807) is 0 Å². The van der Waals surface area contributed by atoms with E-state index < -0.39 is 5.97 Å². The molecule has 3 unspecified atom stereocenters. The normalized spacial score (nSPS) is 25.7. The summed E-state index contributed by atoms with van der Waals surface area (Å²) in [5.41, 5.74) is 1.09. The first-order chi connectivity index (χ1) is 12.6. The molecular formula is C21H31NO4. The van der Waals surface area contributed by atoms with Crippen LogP contribution in [0.1, 0.15) is 57.9 Å². The highest BCUT2D eigenvalue weighted by Crippen LogP contribution is 2.41. The first-order valence-electron chi connectivity index (χ1n) is 10.0. The Morgan fingerprint density at radius 2 is 2.00 bits per heavy atom. The van der Waals surface area contributed by atoms with Gasteiger partial charge in [0.25, 0.3) is 0 Å². The van der Waals surface area contributed by atoms with Crippen LogP contribution in [0.5, 0.6) is 11.5 Å². The summed E-state index contributed by atoms with van der Waals surface area (Å²) >= 11 is 0. The van der Waals surface area contributed by atoms with Gasteiger partial charge in [0.1, 0.15) is 6.04 Å². The first-order valence-corrected chi connectivity index (χ1v) is 10.0. The molecule has 26 heavy (non-hydrogen) atoms. The van der Waals surface area contributed by atoms with Crippen LogP contribution in [0.2, 0.25) is 0 Å². The van der Waals surface area contributed by atoms with Crippen LogP contribution in [-0.4, -0.2) is 41.3 Å². The molecule has 0 bridgehead atoms. The third kappa shape index (κ3) is 4.14. The van der Waals surface area contributed by atoms with Crippen molar-refractivity contribution in [1.29, 1.82) is 0 Å². The van der Waals surface area contributed by atoms with Gasteiger partial charge >= 0.3 is 5.97 Å². The molecule has 1 heterocycles. The van der Waals surface area contributed by atoms with Crippen molar-refractivity contribution in [2.24, 2.45) is 5.92 Å². The van der Waals surface area contributed by atoms with Gasteiger partial charge in [0.2, 0.25) is 0 Å². The lowest BCUT2D eigenvalue weighted by Crippen LogP contribution is -2.41. The molecule has 3 atom stereocenters. The predicted octanol–water partition coefficient (Wildman–Crippen LogP) is 4.09. The fourth-order valence-corrected chi connectivity index (χ4v) is 4.48. The lowest BCUT2D eigenvalue weighted by molar-refractivity contribution is -0.142. The van der Waals surface area contributed by atoms with Gasteiger partial charge in [0.05, 0.1) is 13.2 Å². The average molecular weight is 361 g/mol. The summed E-state index contributed by atoms with van der Waals surface area (Å²) in [5.74, 6) is 1.37. The van der Waals surface area contributed by atoms with Crippen LogP contribution in [0.15, 0.2) is 18.2 Å². The lowest BCUT2D eigenvalue weighted by Gasteiger charge is -2.33. The van der Waals surface area contributed by atoms with Gasteiger partial charge in [0.15, 0.2) is 11.5 Å². The minimum atomic E-state index is -0.688. The fraction of sp³-hybridized carbons (Fsp3) is 0.667. The van der Waals surface area contributed by atoms with Gasteiger partial charge in [-0.3, -0.25) is 9.69 Å². The quantitative estimate of drug-likeness (QED) is 0.756. The number of carboxylic acid groups (broad SMARTS) is 1. The van der Waals surface area contributed by atoms with E-state index >= 15 is 0 Å². The third-order valence-electron chi connectivity index (χ3n) is 5.64. The Balaban J connectivity index is 1.79. The van der Waals surface area contributed by atoms with Gasteiger partial charge in [-0.1, -0.05) is 25.8 Å².